The van der Waals surface area contributed by atoms with Gasteiger partial charge in [-0.3, -0.25) is 10.3 Å². The number of nitrogens with one attached hydrogen (secondary N) is 1. The zero-order chi connectivity index (χ0) is 10.7. The van der Waals surface area contributed by atoms with Gasteiger partial charge < -0.3 is 0 Å². The largest absolute Gasteiger partial charge is 0.334 e. The zero-order valence-electron chi connectivity index (χ0n) is 8.90. The highest BCUT2D eigenvalue weighted by molar-refractivity contribution is 7.13. The van der Waals surface area contributed by atoms with Crippen LogP contribution in [0.3, 0.4) is 0 Å². The Labute approximate surface area is 93.4 Å². The molecule has 0 aromatic carbocycles. The molecule has 2 aromatic rings. The molecule has 0 aliphatic rings. The molecule has 0 aliphatic carbocycles. The Morgan fingerprint density at radius 3 is 3.00 bits per heavy atom. The molecule has 1 N–H and O–H groups in total. The second-order valence-corrected chi connectivity index (χ2v) is 4.31. The molecule has 15 heavy (non-hydrogen) atoms. The summed E-state index contributed by atoms with van der Waals surface area (Å²) in [7, 11) is 2.07. The summed E-state index contributed by atoms with van der Waals surface area (Å²) in [4.78, 5) is 4.08. The standard InChI is InChI=1S/C11H13N3S/c1-9-8-15-11(14(9)2)13-7-10-4-3-5-12-6-10/h3-6,8H,7H2,1-2H3/p+1. The van der Waals surface area contributed by atoms with Crippen molar-refractivity contribution in [1.82, 2.24) is 4.98 Å². The molecular formula is C11H14N3S+. The topological polar surface area (TPSA) is 28.8 Å². The van der Waals surface area contributed by atoms with Crippen molar-refractivity contribution in [3.63, 3.8) is 0 Å². The van der Waals surface area contributed by atoms with Crippen molar-refractivity contribution >= 4 is 16.5 Å². The number of aryl methyl sites for hydroxylation is 1. The van der Waals surface area contributed by atoms with Gasteiger partial charge in [-0.2, -0.15) is 0 Å². The van der Waals surface area contributed by atoms with Crippen molar-refractivity contribution in [1.29, 1.82) is 0 Å². The lowest BCUT2D eigenvalue weighted by atomic mass is 10.3. The fraction of sp³-hybridized carbons (Fsp3) is 0.273. The molecule has 0 aliphatic heterocycles. The van der Waals surface area contributed by atoms with E-state index in [1.54, 1.807) is 17.5 Å². The minimum Gasteiger partial charge on any atom is -0.264 e. The molecule has 2 heterocycles. The van der Waals surface area contributed by atoms with Crippen molar-refractivity contribution < 1.29 is 4.57 Å². The molecule has 0 unspecified atom stereocenters. The maximum atomic E-state index is 4.08. The Bertz CT molecular complexity index is 436. The first-order valence-electron chi connectivity index (χ1n) is 4.84. The average Bonchev–Trinajstić information content (AvgIpc) is 2.59. The van der Waals surface area contributed by atoms with Crippen LogP contribution in [0, 0.1) is 6.92 Å². The summed E-state index contributed by atoms with van der Waals surface area (Å²) in [5.41, 5.74) is 2.47. The molecule has 0 atom stereocenters. The third kappa shape index (κ3) is 2.33. The fourth-order valence-corrected chi connectivity index (χ4v) is 2.20. The van der Waals surface area contributed by atoms with Gasteiger partial charge in [0.25, 0.3) is 0 Å². The average molecular weight is 220 g/mol. The van der Waals surface area contributed by atoms with E-state index in [0.717, 1.165) is 6.54 Å². The molecule has 0 spiro atoms. The number of rotatable bonds is 3. The van der Waals surface area contributed by atoms with E-state index in [1.807, 2.05) is 12.3 Å². The van der Waals surface area contributed by atoms with E-state index in [9.17, 15) is 0 Å². The first-order valence-corrected chi connectivity index (χ1v) is 5.72. The Balaban J connectivity index is 2.02. The summed E-state index contributed by atoms with van der Waals surface area (Å²) in [5, 5.41) is 6.71. The fourth-order valence-electron chi connectivity index (χ4n) is 1.30. The molecule has 0 amide bonds. The molecule has 0 saturated heterocycles. The van der Waals surface area contributed by atoms with E-state index in [-0.39, 0.29) is 0 Å². The lowest BCUT2D eigenvalue weighted by Crippen LogP contribution is -2.32. The summed E-state index contributed by atoms with van der Waals surface area (Å²) < 4.78 is 2.15. The van der Waals surface area contributed by atoms with Crippen LogP contribution in [0.1, 0.15) is 11.3 Å². The lowest BCUT2D eigenvalue weighted by Gasteiger charge is -1.98. The van der Waals surface area contributed by atoms with E-state index in [0.29, 0.717) is 0 Å². The lowest BCUT2D eigenvalue weighted by molar-refractivity contribution is -0.659. The minimum absolute atomic E-state index is 0.821. The second-order valence-electron chi connectivity index (χ2n) is 3.46. The Morgan fingerprint density at radius 1 is 1.53 bits per heavy atom. The Hall–Kier alpha value is -1.42. The van der Waals surface area contributed by atoms with Crippen molar-refractivity contribution in [3.05, 3.63) is 41.2 Å². The number of hydrogen-bond acceptors (Lipinski definition) is 3. The molecule has 2 aromatic heterocycles. The third-order valence-electron chi connectivity index (χ3n) is 2.34. The predicted octanol–water partition coefficient (Wildman–Crippen LogP) is 1.89. The van der Waals surface area contributed by atoms with E-state index in [1.165, 1.54) is 16.4 Å². The molecular weight excluding hydrogens is 206 g/mol. The van der Waals surface area contributed by atoms with Gasteiger partial charge in [-0.1, -0.05) is 17.4 Å². The van der Waals surface area contributed by atoms with Crippen LogP contribution in [0.25, 0.3) is 0 Å². The summed E-state index contributed by atoms with van der Waals surface area (Å²) in [6, 6.07) is 4.02. The third-order valence-corrected chi connectivity index (χ3v) is 3.44. The molecule has 0 radical (unpaired) electrons. The maximum Gasteiger partial charge on any atom is 0.334 e. The first kappa shape index (κ1) is 10.1. The van der Waals surface area contributed by atoms with Gasteiger partial charge in [-0.25, -0.2) is 4.57 Å². The molecule has 0 fully saturated rings. The van der Waals surface area contributed by atoms with E-state index < -0.39 is 0 Å². The van der Waals surface area contributed by atoms with E-state index in [2.05, 4.69) is 40.3 Å². The molecule has 0 saturated carbocycles. The van der Waals surface area contributed by atoms with Crippen LogP contribution in [0.2, 0.25) is 0 Å². The van der Waals surface area contributed by atoms with Crippen molar-refractivity contribution in [2.45, 2.75) is 13.5 Å². The van der Waals surface area contributed by atoms with Gasteiger partial charge in [0.15, 0.2) is 0 Å². The quantitative estimate of drug-likeness (QED) is 0.800. The number of thiazole rings is 1. The highest BCUT2D eigenvalue weighted by atomic mass is 32.1. The number of aromatic nitrogens is 2. The first-order chi connectivity index (χ1) is 7.27. The van der Waals surface area contributed by atoms with Gasteiger partial charge >= 0.3 is 5.13 Å². The van der Waals surface area contributed by atoms with Crippen LogP contribution >= 0.6 is 11.3 Å². The normalized spacial score (nSPS) is 10.3. The van der Waals surface area contributed by atoms with Gasteiger partial charge in [0.2, 0.25) is 0 Å². The minimum atomic E-state index is 0.821. The molecule has 78 valence electrons. The van der Waals surface area contributed by atoms with Crippen molar-refractivity contribution in [3.8, 4) is 0 Å². The highest BCUT2D eigenvalue weighted by Gasteiger charge is 2.09. The van der Waals surface area contributed by atoms with Gasteiger partial charge in [-0.05, 0) is 13.0 Å². The second kappa shape index (κ2) is 4.40. The predicted molar refractivity (Wildman–Crippen MR) is 61.8 cm³/mol. The summed E-state index contributed by atoms with van der Waals surface area (Å²) in [6.45, 7) is 2.92. The summed E-state index contributed by atoms with van der Waals surface area (Å²) >= 11 is 1.73. The number of anilines is 1. The van der Waals surface area contributed by atoms with Crippen LogP contribution in [0.5, 0.6) is 0 Å². The highest BCUT2D eigenvalue weighted by Crippen LogP contribution is 2.12. The van der Waals surface area contributed by atoms with Gasteiger partial charge in [0, 0.05) is 23.3 Å². The van der Waals surface area contributed by atoms with E-state index in [4.69, 9.17) is 0 Å². The van der Waals surface area contributed by atoms with Gasteiger partial charge in [0.1, 0.15) is 12.2 Å². The van der Waals surface area contributed by atoms with Crippen LogP contribution in [0.4, 0.5) is 5.13 Å². The maximum absolute atomic E-state index is 4.08. The van der Waals surface area contributed by atoms with Crippen LogP contribution in [-0.2, 0) is 13.6 Å². The molecule has 0 bridgehead atoms. The number of pyridine rings is 1. The zero-order valence-corrected chi connectivity index (χ0v) is 9.71. The van der Waals surface area contributed by atoms with Crippen molar-refractivity contribution in [2.75, 3.05) is 5.32 Å². The van der Waals surface area contributed by atoms with Gasteiger partial charge in [0.05, 0.1) is 7.05 Å². The monoisotopic (exact) mass is 220 g/mol. The molecule has 3 nitrogen and oxygen atoms in total. The van der Waals surface area contributed by atoms with Crippen molar-refractivity contribution in [2.24, 2.45) is 7.05 Å². The van der Waals surface area contributed by atoms with Crippen LogP contribution < -0.4 is 9.88 Å². The Kier molecular flexibility index (Phi) is 2.97. The summed E-state index contributed by atoms with van der Waals surface area (Å²) in [5.74, 6) is 0. The number of nitrogens with zero attached hydrogens (tertiary/aromatic N) is 2. The Morgan fingerprint density at radius 2 is 2.40 bits per heavy atom. The summed E-state index contributed by atoms with van der Waals surface area (Å²) in [6.07, 6.45) is 3.67. The SMILES string of the molecule is Cc1csc(NCc2cccnc2)[n+]1C. The smallest absolute Gasteiger partial charge is 0.264 e. The molecule has 2 rings (SSSR count). The van der Waals surface area contributed by atoms with E-state index >= 15 is 0 Å². The van der Waals surface area contributed by atoms with Crippen LogP contribution in [0.15, 0.2) is 29.9 Å². The van der Waals surface area contributed by atoms with Crippen LogP contribution in [-0.4, -0.2) is 4.98 Å². The van der Waals surface area contributed by atoms with Gasteiger partial charge in [-0.15, -0.1) is 0 Å². The number of hydrogen-bond donors (Lipinski definition) is 1. The molecule has 4 heteroatoms.